The summed E-state index contributed by atoms with van der Waals surface area (Å²) < 4.78 is 0. The SMILES string of the molecule is [N-]=[N+]=NCCCC(=O)NCCc1ccc(/N=N/c2ccc(C(=O)ON3C(=O)CCC3=O)cc2)c(O)c1. The molecule has 0 spiro atoms. The highest BCUT2D eigenvalue weighted by Crippen LogP contribution is 2.29. The van der Waals surface area contributed by atoms with Crippen LogP contribution >= 0.6 is 0 Å². The monoisotopic (exact) mass is 493 g/mol. The van der Waals surface area contributed by atoms with E-state index in [1.165, 1.54) is 30.3 Å². The van der Waals surface area contributed by atoms with Crippen LogP contribution in [0.1, 0.15) is 41.6 Å². The number of phenols is 1. The van der Waals surface area contributed by atoms with Crippen molar-refractivity contribution in [1.82, 2.24) is 10.4 Å². The molecule has 2 N–H and O–H groups in total. The van der Waals surface area contributed by atoms with Crippen LogP contribution in [0.25, 0.3) is 10.4 Å². The molecule has 36 heavy (non-hydrogen) atoms. The zero-order valence-corrected chi connectivity index (χ0v) is 19.2. The Kier molecular flexibility index (Phi) is 9.06. The number of carbonyl (C=O) groups excluding carboxylic acids is 4. The van der Waals surface area contributed by atoms with Gasteiger partial charge in [0, 0.05) is 37.3 Å². The van der Waals surface area contributed by atoms with E-state index in [9.17, 15) is 24.3 Å². The number of hydroxylamine groups is 2. The van der Waals surface area contributed by atoms with Gasteiger partial charge in [-0.15, -0.1) is 10.2 Å². The smallest absolute Gasteiger partial charge is 0.363 e. The summed E-state index contributed by atoms with van der Waals surface area (Å²) in [5.74, 6) is -2.20. The third kappa shape index (κ3) is 7.37. The second-order valence-electron chi connectivity index (χ2n) is 7.69. The van der Waals surface area contributed by atoms with Crippen molar-refractivity contribution in [2.45, 2.75) is 32.1 Å². The molecule has 2 aromatic carbocycles. The van der Waals surface area contributed by atoms with Gasteiger partial charge in [0.15, 0.2) is 0 Å². The van der Waals surface area contributed by atoms with E-state index in [0.717, 1.165) is 5.56 Å². The largest absolute Gasteiger partial charge is 0.506 e. The topological polar surface area (TPSA) is 186 Å². The molecule has 3 rings (SSSR count). The Balaban J connectivity index is 1.49. The van der Waals surface area contributed by atoms with Gasteiger partial charge in [-0.05, 0) is 60.3 Å². The van der Waals surface area contributed by atoms with Crippen LogP contribution in [0.2, 0.25) is 0 Å². The van der Waals surface area contributed by atoms with Crippen molar-refractivity contribution in [3.05, 3.63) is 64.0 Å². The number of hydrogen-bond donors (Lipinski definition) is 2. The lowest BCUT2D eigenvalue weighted by Gasteiger charge is -2.12. The van der Waals surface area contributed by atoms with E-state index in [1.807, 2.05) is 0 Å². The Morgan fingerprint density at radius 3 is 2.47 bits per heavy atom. The number of nitrogens with zero attached hydrogens (tertiary/aromatic N) is 6. The number of aromatic hydroxyl groups is 1. The van der Waals surface area contributed by atoms with E-state index in [4.69, 9.17) is 10.4 Å². The summed E-state index contributed by atoms with van der Waals surface area (Å²) >= 11 is 0. The summed E-state index contributed by atoms with van der Waals surface area (Å²) in [5, 5.41) is 24.9. The minimum Gasteiger partial charge on any atom is -0.506 e. The predicted molar refractivity (Wildman–Crippen MR) is 125 cm³/mol. The molecule has 0 atom stereocenters. The second kappa shape index (κ2) is 12.6. The van der Waals surface area contributed by atoms with Crippen LogP contribution in [-0.2, 0) is 25.6 Å². The summed E-state index contributed by atoms with van der Waals surface area (Å²) in [6, 6.07) is 10.7. The number of nitrogens with one attached hydrogen (secondary N) is 1. The van der Waals surface area contributed by atoms with E-state index in [0.29, 0.717) is 30.1 Å². The molecule has 3 amide bonds. The number of azide groups is 1. The molecule has 0 unspecified atom stereocenters. The van der Waals surface area contributed by atoms with Crippen LogP contribution in [0.3, 0.4) is 0 Å². The highest BCUT2D eigenvalue weighted by Gasteiger charge is 2.33. The van der Waals surface area contributed by atoms with E-state index in [2.05, 4.69) is 25.6 Å². The lowest BCUT2D eigenvalue weighted by Crippen LogP contribution is -2.32. The van der Waals surface area contributed by atoms with Gasteiger partial charge in [-0.3, -0.25) is 14.4 Å². The first-order valence-corrected chi connectivity index (χ1v) is 11.1. The Bertz CT molecular complexity index is 1210. The van der Waals surface area contributed by atoms with Gasteiger partial charge in [-0.25, -0.2) is 4.79 Å². The maximum absolute atomic E-state index is 12.1. The first-order chi connectivity index (χ1) is 17.4. The van der Waals surface area contributed by atoms with Gasteiger partial charge >= 0.3 is 5.97 Å². The standard InChI is InChI=1S/C23H23N7O6/c24-29-26-12-1-2-20(32)25-13-11-15-3-8-18(19(31)14-15)28-27-17-6-4-16(5-7-17)23(35)36-30-21(33)9-10-22(30)34/h3-8,14,31H,1-2,9-13H2,(H,25,32)/b28-27+. The highest BCUT2D eigenvalue weighted by molar-refractivity contribution is 6.02. The number of amides is 3. The van der Waals surface area contributed by atoms with E-state index < -0.39 is 17.8 Å². The fourth-order valence-electron chi connectivity index (χ4n) is 3.17. The molecular formula is C23H23N7O6. The number of hydrogen-bond acceptors (Lipinski definition) is 9. The quantitative estimate of drug-likeness (QED) is 0.157. The zero-order valence-electron chi connectivity index (χ0n) is 19.2. The van der Waals surface area contributed by atoms with Crippen molar-refractivity contribution >= 4 is 35.1 Å². The van der Waals surface area contributed by atoms with Crippen LogP contribution in [0, 0.1) is 0 Å². The maximum atomic E-state index is 12.1. The van der Waals surface area contributed by atoms with Crippen LogP contribution in [-0.4, -0.2) is 47.0 Å². The van der Waals surface area contributed by atoms with E-state index in [1.54, 1.807) is 12.1 Å². The highest BCUT2D eigenvalue weighted by atomic mass is 16.7. The van der Waals surface area contributed by atoms with Crippen molar-refractivity contribution in [2.24, 2.45) is 15.3 Å². The van der Waals surface area contributed by atoms with E-state index >= 15 is 0 Å². The Labute approximate surface area is 205 Å². The van der Waals surface area contributed by atoms with Gasteiger partial charge in [0.05, 0.1) is 11.3 Å². The van der Waals surface area contributed by atoms with Gasteiger partial charge in [0.1, 0.15) is 11.4 Å². The molecule has 1 aliphatic rings. The number of carbonyl (C=O) groups is 4. The van der Waals surface area contributed by atoms with Gasteiger partial charge in [-0.2, -0.15) is 5.11 Å². The lowest BCUT2D eigenvalue weighted by molar-refractivity contribution is -0.172. The number of rotatable bonds is 11. The third-order valence-electron chi connectivity index (χ3n) is 5.06. The van der Waals surface area contributed by atoms with Crippen molar-refractivity contribution < 1.29 is 29.1 Å². The molecule has 2 aromatic rings. The van der Waals surface area contributed by atoms with Crippen molar-refractivity contribution in [1.29, 1.82) is 0 Å². The fraction of sp³-hybridized carbons (Fsp3) is 0.304. The van der Waals surface area contributed by atoms with Crippen LogP contribution in [0.15, 0.2) is 57.8 Å². The van der Waals surface area contributed by atoms with Crippen LogP contribution < -0.4 is 5.32 Å². The molecule has 0 aliphatic carbocycles. The average Bonchev–Trinajstić information content (AvgIpc) is 3.18. The Hall–Kier alpha value is -4.77. The molecule has 0 saturated carbocycles. The number of benzene rings is 2. The number of phenolic OH excluding ortho intramolecular Hbond substituents is 1. The minimum atomic E-state index is -0.848. The Morgan fingerprint density at radius 1 is 1.08 bits per heavy atom. The summed E-state index contributed by atoms with van der Waals surface area (Å²) in [5.41, 5.74) is 9.74. The molecule has 0 aromatic heterocycles. The van der Waals surface area contributed by atoms with Crippen molar-refractivity contribution in [3.8, 4) is 5.75 Å². The van der Waals surface area contributed by atoms with Crippen LogP contribution in [0.4, 0.5) is 11.4 Å². The molecule has 186 valence electrons. The Morgan fingerprint density at radius 2 is 1.81 bits per heavy atom. The molecule has 0 radical (unpaired) electrons. The number of imide groups is 1. The molecule has 1 aliphatic heterocycles. The van der Waals surface area contributed by atoms with Crippen molar-refractivity contribution in [3.63, 3.8) is 0 Å². The van der Waals surface area contributed by atoms with Gasteiger partial charge < -0.3 is 15.3 Å². The molecule has 13 nitrogen and oxygen atoms in total. The molecule has 0 bridgehead atoms. The molecule has 13 heteroatoms. The van der Waals surface area contributed by atoms with Gasteiger partial charge in [0.2, 0.25) is 5.91 Å². The predicted octanol–water partition coefficient (Wildman–Crippen LogP) is 3.78. The first kappa shape index (κ1) is 25.8. The van der Waals surface area contributed by atoms with Gasteiger partial charge in [-0.1, -0.05) is 11.2 Å². The summed E-state index contributed by atoms with van der Waals surface area (Å²) in [6.07, 6.45) is 1.26. The van der Waals surface area contributed by atoms with E-state index in [-0.39, 0.29) is 48.7 Å². The average molecular weight is 493 g/mol. The molecule has 1 heterocycles. The normalized spacial score (nSPS) is 13.1. The second-order valence-corrected chi connectivity index (χ2v) is 7.69. The minimum absolute atomic E-state index is 0.0110. The van der Waals surface area contributed by atoms with Gasteiger partial charge in [0.25, 0.3) is 11.8 Å². The summed E-state index contributed by atoms with van der Waals surface area (Å²) in [7, 11) is 0. The van der Waals surface area contributed by atoms with Crippen LogP contribution in [0.5, 0.6) is 5.75 Å². The molecule has 1 saturated heterocycles. The maximum Gasteiger partial charge on any atom is 0.363 e. The summed E-state index contributed by atoms with van der Waals surface area (Å²) in [4.78, 5) is 54.5. The first-order valence-electron chi connectivity index (χ1n) is 11.1. The molecular weight excluding hydrogens is 470 g/mol. The van der Waals surface area contributed by atoms with Crippen molar-refractivity contribution in [2.75, 3.05) is 13.1 Å². The zero-order chi connectivity index (χ0) is 25.9. The number of azo groups is 1. The molecule has 1 fully saturated rings. The fourth-order valence-corrected chi connectivity index (χ4v) is 3.17. The third-order valence-corrected chi connectivity index (χ3v) is 5.06. The lowest BCUT2D eigenvalue weighted by atomic mass is 10.1. The summed E-state index contributed by atoms with van der Waals surface area (Å²) in [6.45, 7) is 0.656.